The normalized spacial score (nSPS) is 18.2. The summed E-state index contributed by atoms with van der Waals surface area (Å²) in [4.78, 5) is 14.8. The second-order valence-corrected chi connectivity index (χ2v) is 7.13. The second kappa shape index (κ2) is 7.83. The summed E-state index contributed by atoms with van der Waals surface area (Å²) in [6, 6.07) is 10.5. The van der Waals surface area contributed by atoms with Crippen LogP contribution in [0.25, 0.3) is 0 Å². The molecule has 1 atom stereocenters. The summed E-state index contributed by atoms with van der Waals surface area (Å²) in [6.45, 7) is 8.50. The second-order valence-electron chi connectivity index (χ2n) is 7.13. The maximum absolute atomic E-state index is 12.8. The van der Waals surface area contributed by atoms with E-state index in [0.717, 1.165) is 25.1 Å². The molecule has 1 aliphatic heterocycles. The van der Waals surface area contributed by atoms with Gasteiger partial charge in [0.15, 0.2) is 0 Å². The van der Waals surface area contributed by atoms with Crippen LogP contribution >= 0.6 is 0 Å². The van der Waals surface area contributed by atoms with E-state index in [1.165, 1.54) is 11.1 Å². The van der Waals surface area contributed by atoms with Gasteiger partial charge in [-0.05, 0) is 39.2 Å². The van der Waals surface area contributed by atoms with Gasteiger partial charge in [-0.2, -0.15) is 5.10 Å². The number of carbonyl (C=O) groups is 1. The van der Waals surface area contributed by atoms with E-state index in [-0.39, 0.29) is 11.9 Å². The summed E-state index contributed by atoms with van der Waals surface area (Å²) in [7, 11) is 0. The van der Waals surface area contributed by atoms with Gasteiger partial charge in [-0.3, -0.25) is 9.48 Å². The number of nitrogens with zero attached hydrogens (tertiary/aromatic N) is 3. The lowest BCUT2D eigenvalue weighted by atomic mass is 10.0. The highest BCUT2D eigenvalue weighted by molar-refractivity contribution is 5.82. The van der Waals surface area contributed by atoms with Gasteiger partial charge >= 0.3 is 0 Å². The molecule has 1 saturated heterocycles. The number of amides is 1. The first-order chi connectivity index (χ1) is 12.0. The molecule has 0 saturated carbocycles. The highest BCUT2D eigenvalue weighted by Crippen LogP contribution is 2.17. The van der Waals surface area contributed by atoms with E-state index in [4.69, 9.17) is 0 Å². The first-order valence-corrected chi connectivity index (χ1v) is 9.15. The topological polar surface area (TPSA) is 50.2 Å². The number of hydrogen-bond acceptors (Lipinski definition) is 3. The molecule has 0 bridgehead atoms. The zero-order valence-electron chi connectivity index (χ0n) is 15.4. The van der Waals surface area contributed by atoms with Crippen LogP contribution in [0.4, 0.5) is 0 Å². The number of carbonyl (C=O) groups excluding carboxylic acids is 1. The number of hydrogen-bond donors (Lipinski definition) is 1. The lowest BCUT2D eigenvalue weighted by Gasteiger charge is -2.33. The standard InChI is InChI=1S/C20H28N4O/c1-15(2)24-14-18(16(3)22-24)12-21-19-10-7-11-23(20(19)25)13-17-8-5-4-6-9-17/h4-6,8-9,14-15,19,21H,7,10-13H2,1-3H3/t19-/m0/s1. The number of benzene rings is 1. The summed E-state index contributed by atoms with van der Waals surface area (Å²) in [6.07, 6.45) is 4.03. The van der Waals surface area contributed by atoms with Crippen molar-refractivity contribution in [3.05, 3.63) is 53.3 Å². The Morgan fingerprint density at radius 3 is 2.72 bits per heavy atom. The quantitative estimate of drug-likeness (QED) is 0.879. The maximum Gasteiger partial charge on any atom is 0.240 e. The molecule has 1 N–H and O–H groups in total. The van der Waals surface area contributed by atoms with Gasteiger partial charge in [0.05, 0.1) is 11.7 Å². The smallest absolute Gasteiger partial charge is 0.240 e. The van der Waals surface area contributed by atoms with Gasteiger partial charge in [-0.1, -0.05) is 30.3 Å². The van der Waals surface area contributed by atoms with Crippen LogP contribution in [0, 0.1) is 6.92 Å². The highest BCUT2D eigenvalue weighted by atomic mass is 16.2. The van der Waals surface area contributed by atoms with E-state index in [0.29, 0.717) is 19.1 Å². The fraction of sp³-hybridized carbons (Fsp3) is 0.500. The van der Waals surface area contributed by atoms with E-state index >= 15 is 0 Å². The molecule has 1 fully saturated rings. The average molecular weight is 340 g/mol. The van der Waals surface area contributed by atoms with Crippen molar-refractivity contribution in [3.63, 3.8) is 0 Å². The van der Waals surface area contributed by atoms with Crippen LogP contribution in [0.2, 0.25) is 0 Å². The molecule has 134 valence electrons. The molecule has 1 amide bonds. The maximum atomic E-state index is 12.8. The largest absolute Gasteiger partial charge is 0.337 e. The summed E-state index contributed by atoms with van der Waals surface area (Å²) >= 11 is 0. The molecule has 0 unspecified atom stereocenters. The molecular weight excluding hydrogens is 312 g/mol. The summed E-state index contributed by atoms with van der Waals surface area (Å²) in [5, 5.41) is 8.00. The van der Waals surface area contributed by atoms with E-state index in [1.807, 2.05) is 34.7 Å². The molecule has 0 aliphatic carbocycles. The highest BCUT2D eigenvalue weighted by Gasteiger charge is 2.28. The minimum Gasteiger partial charge on any atom is -0.337 e. The van der Waals surface area contributed by atoms with Gasteiger partial charge in [0.1, 0.15) is 0 Å². The van der Waals surface area contributed by atoms with Crippen LogP contribution in [0.5, 0.6) is 0 Å². The Bertz CT molecular complexity index is 708. The minimum absolute atomic E-state index is 0.0979. The van der Waals surface area contributed by atoms with Crippen molar-refractivity contribution in [1.82, 2.24) is 20.0 Å². The number of aryl methyl sites for hydroxylation is 1. The predicted molar refractivity (Wildman–Crippen MR) is 99.1 cm³/mol. The molecule has 3 rings (SSSR count). The van der Waals surface area contributed by atoms with Crippen LogP contribution in [-0.2, 0) is 17.9 Å². The number of piperidine rings is 1. The molecule has 1 aromatic carbocycles. The Hall–Kier alpha value is -2.14. The van der Waals surface area contributed by atoms with E-state index in [9.17, 15) is 4.79 Å². The number of aromatic nitrogens is 2. The lowest BCUT2D eigenvalue weighted by Crippen LogP contribution is -2.50. The van der Waals surface area contributed by atoms with Crippen molar-refractivity contribution in [2.75, 3.05) is 6.54 Å². The van der Waals surface area contributed by atoms with Crippen molar-refractivity contribution in [1.29, 1.82) is 0 Å². The minimum atomic E-state index is -0.0979. The Morgan fingerprint density at radius 1 is 1.28 bits per heavy atom. The zero-order chi connectivity index (χ0) is 17.8. The SMILES string of the molecule is Cc1nn(C(C)C)cc1CN[C@H]1CCCN(Cc2ccccc2)C1=O. The number of nitrogens with one attached hydrogen (secondary N) is 1. The number of likely N-dealkylation sites (tertiary alicyclic amines) is 1. The lowest BCUT2D eigenvalue weighted by molar-refractivity contribution is -0.136. The van der Waals surface area contributed by atoms with Gasteiger partial charge in [0.25, 0.3) is 0 Å². The fourth-order valence-electron chi connectivity index (χ4n) is 3.28. The molecule has 1 aromatic heterocycles. The van der Waals surface area contributed by atoms with Crippen LogP contribution in [0.15, 0.2) is 36.5 Å². The van der Waals surface area contributed by atoms with Crippen molar-refractivity contribution in [2.45, 2.75) is 58.8 Å². The van der Waals surface area contributed by atoms with Gasteiger partial charge in [-0.25, -0.2) is 0 Å². The molecule has 0 spiro atoms. The monoisotopic (exact) mass is 340 g/mol. The molecule has 2 heterocycles. The molecule has 5 heteroatoms. The molecule has 1 aliphatic rings. The zero-order valence-corrected chi connectivity index (χ0v) is 15.4. The third-order valence-electron chi connectivity index (χ3n) is 4.83. The first kappa shape index (κ1) is 17.7. The van der Waals surface area contributed by atoms with Crippen LogP contribution in [-0.4, -0.2) is 33.2 Å². The third kappa shape index (κ3) is 4.28. The van der Waals surface area contributed by atoms with Crippen LogP contribution < -0.4 is 5.32 Å². The van der Waals surface area contributed by atoms with Crippen LogP contribution in [0.3, 0.4) is 0 Å². The first-order valence-electron chi connectivity index (χ1n) is 9.15. The van der Waals surface area contributed by atoms with Crippen molar-refractivity contribution in [2.24, 2.45) is 0 Å². The molecule has 0 radical (unpaired) electrons. The fourth-order valence-corrected chi connectivity index (χ4v) is 3.28. The van der Waals surface area contributed by atoms with Crippen molar-refractivity contribution >= 4 is 5.91 Å². The van der Waals surface area contributed by atoms with Crippen LogP contribution in [0.1, 0.15) is 49.6 Å². The molecule has 5 nitrogen and oxygen atoms in total. The molecule has 25 heavy (non-hydrogen) atoms. The van der Waals surface area contributed by atoms with E-state index in [1.54, 1.807) is 0 Å². The Balaban J connectivity index is 1.60. The van der Waals surface area contributed by atoms with Crippen molar-refractivity contribution < 1.29 is 4.79 Å². The van der Waals surface area contributed by atoms with E-state index in [2.05, 4.69) is 42.6 Å². The average Bonchev–Trinajstić information content (AvgIpc) is 2.98. The van der Waals surface area contributed by atoms with Gasteiger partial charge in [-0.15, -0.1) is 0 Å². The van der Waals surface area contributed by atoms with Gasteiger partial charge < -0.3 is 10.2 Å². The van der Waals surface area contributed by atoms with Crippen molar-refractivity contribution in [3.8, 4) is 0 Å². The predicted octanol–water partition coefficient (Wildman–Crippen LogP) is 3.05. The number of rotatable bonds is 6. The summed E-state index contributed by atoms with van der Waals surface area (Å²) < 4.78 is 1.98. The Labute approximate surface area is 150 Å². The van der Waals surface area contributed by atoms with E-state index < -0.39 is 0 Å². The summed E-state index contributed by atoms with van der Waals surface area (Å²) in [5.74, 6) is 0.212. The Morgan fingerprint density at radius 2 is 2.04 bits per heavy atom. The van der Waals surface area contributed by atoms with Gasteiger partial charge in [0, 0.05) is 37.4 Å². The Kier molecular flexibility index (Phi) is 5.53. The summed E-state index contributed by atoms with van der Waals surface area (Å²) in [5.41, 5.74) is 3.39. The van der Waals surface area contributed by atoms with Gasteiger partial charge in [0.2, 0.25) is 5.91 Å². The molecular formula is C20H28N4O. The third-order valence-corrected chi connectivity index (χ3v) is 4.83. The molecule has 2 aromatic rings.